The Morgan fingerprint density at radius 2 is 1.73 bits per heavy atom. The Balaban J connectivity index is 1.54. The first-order chi connectivity index (χ1) is 14.4. The van der Waals surface area contributed by atoms with Gasteiger partial charge in [-0.15, -0.1) is 0 Å². The lowest BCUT2D eigenvalue weighted by Gasteiger charge is -2.35. The highest BCUT2D eigenvalue weighted by Gasteiger charge is 2.50. The maximum Gasteiger partial charge on any atom is 0.325 e. The minimum Gasteiger partial charge on any atom is -0.339 e. The van der Waals surface area contributed by atoms with Gasteiger partial charge in [-0.25, -0.2) is 4.79 Å². The normalized spacial score (nSPS) is 19.3. The van der Waals surface area contributed by atoms with Crippen molar-refractivity contribution in [2.75, 3.05) is 32.7 Å². The Labute approximate surface area is 179 Å². The Bertz CT molecular complexity index is 780. The van der Waals surface area contributed by atoms with Gasteiger partial charge in [0.2, 0.25) is 5.91 Å². The van der Waals surface area contributed by atoms with Gasteiger partial charge in [0.15, 0.2) is 0 Å². The second-order valence-electron chi connectivity index (χ2n) is 8.55. The summed E-state index contributed by atoms with van der Waals surface area (Å²) in [7, 11) is 0. The van der Waals surface area contributed by atoms with Crippen molar-refractivity contribution in [1.29, 1.82) is 0 Å². The lowest BCUT2D eigenvalue weighted by Crippen LogP contribution is -2.52. The molecule has 164 valence electrons. The number of carbonyl (C=O) groups excluding carboxylic acids is 3. The zero-order valence-electron chi connectivity index (χ0n) is 18.4. The van der Waals surface area contributed by atoms with Crippen molar-refractivity contribution in [3.05, 3.63) is 35.4 Å². The molecule has 0 radical (unpaired) electrons. The van der Waals surface area contributed by atoms with Crippen molar-refractivity contribution in [3.8, 4) is 0 Å². The highest BCUT2D eigenvalue weighted by atomic mass is 16.2. The van der Waals surface area contributed by atoms with Gasteiger partial charge < -0.3 is 10.2 Å². The fraction of sp³-hybridized carbons (Fsp3) is 0.609. The molecule has 2 saturated heterocycles. The number of carbonyl (C=O) groups is 3. The summed E-state index contributed by atoms with van der Waals surface area (Å²) in [6, 6.07) is 8.04. The number of urea groups is 1. The topological polar surface area (TPSA) is 73.0 Å². The molecular weight excluding hydrogens is 380 g/mol. The minimum atomic E-state index is -0.840. The van der Waals surface area contributed by atoms with Gasteiger partial charge in [0.05, 0.1) is 0 Å². The molecule has 3 rings (SSSR count). The van der Waals surface area contributed by atoms with Gasteiger partial charge in [-0.2, -0.15) is 0 Å². The summed E-state index contributed by atoms with van der Waals surface area (Å²) in [5.74, 6) is -0.403. The van der Waals surface area contributed by atoms with Crippen LogP contribution in [0.4, 0.5) is 4.79 Å². The second kappa shape index (κ2) is 9.60. The lowest BCUT2D eigenvalue weighted by molar-refractivity contribution is -0.140. The third kappa shape index (κ3) is 4.83. The average molecular weight is 415 g/mol. The minimum absolute atomic E-state index is 0.155. The number of amides is 4. The maximum absolute atomic E-state index is 13.0. The molecule has 7 nitrogen and oxygen atoms in total. The monoisotopic (exact) mass is 414 g/mol. The van der Waals surface area contributed by atoms with E-state index in [-0.39, 0.29) is 18.4 Å². The highest BCUT2D eigenvalue weighted by molar-refractivity contribution is 6.09. The average Bonchev–Trinajstić information content (AvgIpc) is 2.93. The molecule has 0 unspecified atom stereocenters. The van der Waals surface area contributed by atoms with Crippen LogP contribution < -0.4 is 5.32 Å². The number of hydrogen-bond acceptors (Lipinski definition) is 4. The summed E-state index contributed by atoms with van der Waals surface area (Å²) in [4.78, 5) is 43.5. The number of nitrogens with one attached hydrogen (secondary N) is 1. The predicted molar refractivity (Wildman–Crippen MR) is 116 cm³/mol. The molecule has 0 aliphatic carbocycles. The maximum atomic E-state index is 13.0. The number of rotatable bonds is 8. The lowest BCUT2D eigenvalue weighted by atomic mass is 9.88. The summed E-state index contributed by atoms with van der Waals surface area (Å²) in [5, 5.41) is 2.87. The summed E-state index contributed by atoms with van der Waals surface area (Å²) < 4.78 is 0. The van der Waals surface area contributed by atoms with Gasteiger partial charge in [-0.05, 0) is 25.3 Å². The quantitative estimate of drug-likeness (QED) is 0.664. The van der Waals surface area contributed by atoms with E-state index in [1.807, 2.05) is 13.8 Å². The van der Waals surface area contributed by atoms with Crippen LogP contribution in [0.5, 0.6) is 0 Å². The van der Waals surface area contributed by atoms with Crippen LogP contribution in [-0.2, 0) is 16.1 Å². The van der Waals surface area contributed by atoms with E-state index in [4.69, 9.17) is 0 Å². The van der Waals surface area contributed by atoms with E-state index in [0.717, 1.165) is 37.4 Å². The molecule has 4 amide bonds. The molecule has 0 spiro atoms. The van der Waals surface area contributed by atoms with E-state index in [2.05, 4.69) is 41.4 Å². The molecule has 2 heterocycles. The largest absolute Gasteiger partial charge is 0.339 e. The van der Waals surface area contributed by atoms with Crippen LogP contribution >= 0.6 is 0 Å². The second-order valence-corrected chi connectivity index (χ2v) is 8.55. The smallest absolute Gasteiger partial charge is 0.325 e. The van der Waals surface area contributed by atoms with Gasteiger partial charge in [0, 0.05) is 32.7 Å². The van der Waals surface area contributed by atoms with E-state index in [1.165, 1.54) is 11.1 Å². The van der Waals surface area contributed by atoms with E-state index >= 15 is 0 Å². The molecule has 1 aromatic carbocycles. The van der Waals surface area contributed by atoms with Crippen LogP contribution in [-0.4, -0.2) is 70.8 Å². The summed E-state index contributed by atoms with van der Waals surface area (Å²) in [6.45, 7) is 9.59. The van der Waals surface area contributed by atoms with E-state index in [0.29, 0.717) is 25.9 Å². The number of nitrogens with zero attached hydrogens (tertiary/aromatic N) is 3. The van der Waals surface area contributed by atoms with Crippen molar-refractivity contribution in [2.45, 2.75) is 58.5 Å². The molecule has 0 aromatic heterocycles. The van der Waals surface area contributed by atoms with E-state index < -0.39 is 11.6 Å². The van der Waals surface area contributed by atoms with Gasteiger partial charge in [0.1, 0.15) is 12.1 Å². The first kappa shape index (κ1) is 22.3. The molecule has 0 saturated carbocycles. The Kier molecular flexibility index (Phi) is 7.13. The summed E-state index contributed by atoms with van der Waals surface area (Å²) in [6.07, 6.45) is 2.81. The molecule has 1 N–H and O–H groups in total. The van der Waals surface area contributed by atoms with Crippen LogP contribution in [0.2, 0.25) is 0 Å². The first-order valence-electron chi connectivity index (χ1n) is 11.1. The van der Waals surface area contributed by atoms with Crippen molar-refractivity contribution >= 4 is 17.8 Å². The van der Waals surface area contributed by atoms with Gasteiger partial charge in [-0.3, -0.25) is 19.4 Å². The Morgan fingerprint density at radius 3 is 2.33 bits per heavy atom. The molecule has 7 heteroatoms. The van der Waals surface area contributed by atoms with Crippen molar-refractivity contribution < 1.29 is 14.4 Å². The van der Waals surface area contributed by atoms with Crippen LogP contribution in [0.1, 0.15) is 50.7 Å². The fourth-order valence-corrected chi connectivity index (χ4v) is 4.60. The third-order valence-electron chi connectivity index (χ3n) is 6.11. The van der Waals surface area contributed by atoms with Crippen LogP contribution in [0.25, 0.3) is 0 Å². The molecule has 2 aliphatic rings. The summed E-state index contributed by atoms with van der Waals surface area (Å²) in [5.41, 5.74) is 1.68. The van der Waals surface area contributed by atoms with Crippen LogP contribution in [0, 0.1) is 6.92 Å². The Hall–Kier alpha value is -2.41. The molecule has 2 aliphatic heterocycles. The zero-order valence-corrected chi connectivity index (χ0v) is 18.4. The van der Waals surface area contributed by atoms with Crippen molar-refractivity contribution in [1.82, 2.24) is 20.0 Å². The number of piperazine rings is 1. The molecular formula is C23H34N4O3. The standard InChI is InChI=1S/C23H34N4O3/c1-4-9-23(10-5-2)21(29)27(22(30)24-23)17-20(28)26-13-11-25(12-14-26)16-19-8-6-7-18(3)15-19/h6-8,15H,4-5,9-14,16-17H2,1-3H3,(H,24,30). The van der Waals surface area contributed by atoms with Crippen molar-refractivity contribution in [2.24, 2.45) is 0 Å². The molecule has 30 heavy (non-hydrogen) atoms. The zero-order chi connectivity index (χ0) is 21.7. The Morgan fingerprint density at radius 1 is 1.07 bits per heavy atom. The van der Waals surface area contributed by atoms with Crippen LogP contribution in [0.3, 0.4) is 0 Å². The predicted octanol–water partition coefficient (Wildman–Crippen LogP) is 2.53. The van der Waals surface area contributed by atoms with Gasteiger partial charge in [0.25, 0.3) is 5.91 Å². The van der Waals surface area contributed by atoms with Gasteiger partial charge in [-0.1, -0.05) is 56.5 Å². The van der Waals surface area contributed by atoms with Gasteiger partial charge >= 0.3 is 6.03 Å². The number of hydrogen-bond donors (Lipinski definition) is 1. The first-order valence-corrected chi connectivity index (χ1v) is 11.1. The third-order valence-corrected chi connectivity index (χ3v) is 6.11. The molecule has 0 atom stereocenters. The highest BCUT2D eigenvalue weighted by Crippen LogP contribution is 2.28. The molecule has 0 bridgehead atoms. The van der Waals surface area contributed by atoms with Crippen molar-refractivity contribution in [3.63, 3.8) is 0 Å². The van der Waals surface area contributed by atoms with E-state index in [9.17, 15) is 14.4 Å². The number of aryl methyl sites for hydroxylation is 1. The SMILES string of the molecule is CCCC1(CCC)NC(=O)N(CC(=O)N2CCN(Cc3cccc(C)c3)CC2)C1=O. The number of benzene rings is 1. The summed E-state index contributed by atoms with van der Waals surface area (Å²) >= 11 is 0. The van der Waals surface area contributed by atoms with Crippen LogP contribution in [0.15, 0.2) is 24.3 Å². The number of imide groups is 1. The fourth-order valence-electron chi connectivity index (χ4n) is 4.60. The van der Waals surface area contributed by atoms with E-state index in [1.54, 1.807) is 4.90 Å². The molecule has 1 aromatic rings. The molecule has 2 fully saturated rings.